The molecule has 1 N–H and O–H groups in total. The normalized spacial score (nSPS) is 11.2. The summed E-state index contributed by atoms with van der Waals surface area (Å²) in [6, 6.07) is 15.0. The van der Waals surface area contributed by atoms with Crippen molar-refractivity contribution in [1.82, 2.24) is 0 Å². The van der Waals surface area contributed by atoms with E-state index in [4.69, 9.17) is 18.9 Å². The first kappa shape index (κ1) is 24.2. The Labute approximate surface area is 195 Å². The third-order valence-corrected chi connectivity index (χ3v) is 5.20. The number of ether oxygens (including phenoxy) is 4. The number of aryl methyl sites for hydroxylation is 1. The molecule has 0 spiro atoms. The minimum atomic E-state index is -0.311. The molecule has 0 atom stereocenters. The molecule has 6 nitrogen and oxygen atoms in total. The van der Waals surface area contributed by atoms with Gasteiger partial charge in [-0.3, -0.25) is 0 Å². The van der Waals surface area contributed by atoms with Gasteiger partial charge in [-0.25, -0.2) is 4.79 Å². The first-order valence-corrected chi connectivity index (χ1v) is 11.0. The van der Waals surface area contributed by atoms with Crippen molar-refractivity contribution < 1.29 is 23.7 Å². The highest BCUT2D eigenvalue weighted by atomic mass is 16.5. The van der Waals surface area contributed by atoms with Crippen LogP contribution in [0.1, 0.15) is 43.1 Å². The zero-order valence-electron chi connectivity index (χ0n) is 20.3. The number of esters is 1. The Morgan fingerprint density at radius 1 is 0.939 bits per heavy atom. The summed E-state index contributed by atoms with van der Waals surface area (Å²) in [4.78, 5) is 12.2. The molecule has 6 heteroatoms. The molecular weight excluding hydrogens is 418 g/mol. The summed E-state index contributed by atoms with van der Waals surface area (Å²) in [6.45, 7) is 6.64. The van der Waals surface area contributed by atoms with E-state index in [0.29, 0.717) is 36.5 Å². The smallest absolute Gasteiger partial charge is 0.338 e. The second kappa shape index (κ2) is 10.5. The van der Waals surface area contributed by atoms with Crippen LogP contribution in [-0.4, -0.2) is 39.4 Å². The summed E-state index contributed by atoms with van der Waals surface area (Å²) in [6.07, 6.45) is 1.37. The number of methoxy groups -OCH3 is 3. The highest BCUT2D eigenvalue weighted by Gasteiger charge is 2.22. The van der Waals surface area contributed by atoms with Gasteiger partial charge in [0.05, 0.1) is 44.6 Å². The number of nitrogens with one attached hydrogen (secondary N) is 1. The van der Waals surface area contributed by atoms with Gasteiger partial charge in [0.2, 0.25) is 0 Å². The predicted octanol–water partition coefficient (Wildman–Crippen LogP) is 5.87. The molecular formula is C27H33NO5. The molecule has 0 aliphatic carbocycles. The van der Waals surface area contributed by atoms with Gasteiger partial charge < -0.3 is 24.3 Å². The lowest BCUT2D eigenvalue weighted by molar-refractivity contribution is 0.0500. The Bertz CT molecular complexity index is 1100. The first-order chi connectivity index (χ1) is 15.8. The van der Waals surface area contributed by atoms with Gasteiger partial charge in [0.15, 0.2) is 5.75 Å². The van der Waals surface area contributed by atoms with Gasteiger partial charge >= 0.3 is 5.97 Å². The van der Waals surface area contributed by atoms with Crippen molar-refractivity contribution in [2.75, 3.05) is 33.3 Å². The van der Waals surface area contributed by atoms with E-state index in [1.54, 1.807) is 33.5 Å². The van der Waals surface area contributed by atoms with Crippen LogP contribution in [0, 0.1) is 0 Å². The number of rotatable bonds is 9. The Morgan fingerprint density at radius 3 is 2.27 bits per heavy atom. The summed E-state index contributed by atoms with van der Waals surface area (Å²) in [5.41, 5.74) is 2.35. The summed E-state index contributed by atoms with van der Waals surface area (Å²) in [5, 5.41) is 5.44. The van der Waals surface area contributed by atoms with E-state index in [2.05, 4.69) is 32.2 Å². The maximum atomic E-state index is 12.2. The summed E-state index contributed by atoms with van der Waals surface area (Å²) in [5.74, 6) is 1.80. The van der Waals surface area contributed by atoms with Gasteiger partial charge in [-0.2, -0.15) is 0 Å². The van der Waals surface area contributed by atoms with Crippen LogP contribution in [0.4, 0.5) is 5.69 Å². The molecule has 0 fully saturated rings. The van der Waals surface area contributed by atoms with Crippen molar-refractivity contribution in [2.24, 2.45) is 0 Å². The van der Waals surface area contributed by atoms with Crippen LogP contribution in [0.3, 0.4) is 0 Å². The maximum Gasteiger partial charge on any atom is 0.338 e. The number of benzene rings is 3. The quantitative estimate of drug-likeness (QED) is 0.324. The van der Waals surface area contributed by atoms with Crippen LogP contribution in [0.5, 0.6) is 17.2 Å². The molecule has 0 saturated heterocycles. The molecule has 176 valence electrons. The maximum absolute atomic E-state index is 12.2. The van der Waals surface area contributed by atoms with E-state index in [1.165, 1.54) is 0 Å². The van der Waals surface area contributed by atoms with Gasteiger partial charge in [0, 0.05) is 11.6 Å². The van der Waals surface area contributed by atoms with E-state index in [-0.39, 0.29) is 11.5 Å². The fraction of sp³-hybridized carbons (Fsp3) is 0.370. The van der Waals surface area contributed by atoms with Gasteiger partial charge in [-0.15, -0.1) is 0 Å². The Hall–Kier alpha value is -3.41. The molecule has 33 heavy (non-hydrogen) atoms. The SMILES string of the molecule is COc1cc(OC)c2c(OC)c(NC(C)(C)C)c(CCCOC(=O)c3ccccc3)cc2c1. The lowest BCUT2D eigenvalue weighted by atomic mass is 9.97. The summed E-state index contributed by atoms with van der Waals surface area (Å²) < 4.78 is 22.5. The van der Waals surface area contributed by atoms with E-state index in [1.807, 2.05) is 30.3 Å². The number of carbonyl (C=O) groups is 1. The molecule has 0 radical (unpaired) electrons. The van der Waals surface area contributed by atoms with Crippen LogP contribution in [0.25, 0.3) is 10.8 Å². The van der Waals surface area contributed by atoms with Crippen LogP contribution in [-0.2, 0) is 11.2 Å². The number of carbonyl (C=O) groups excluding carboxylic acids is 1. The van der Waals surface area contributed by atoms with Crippen molar-refractivity contribution in [1.29, 1.82) is 0 Å². The van der Waals surface area contributed by atoms with Crippen molar-refractivity contribution in [3.8, 4) is 17.2 Å². The van der Waals surface area contributed by atoms with Crippen molar-refractivity contribution in [2.45, 2.75) is 39.2 Å². The van der Waals surface area contributed by atoms with Gasteiger partial charge in [0.25, 0.3) is 0 Å². The Kier molecular flexibility index (Phi) is 7.69. The van der Waals surface area contributed by atoms with Crippen molar-refractivity contribution in [3.63, 3.8) is 0 Å². The monoisotopic (exact) mass is 451 g/mol. The average molecular weight is 452 g/mol. The minimum Gasteiger partial charge on any atom is -0.497 e. The molecule has 0 aliphatic rings. The standard InChI is InChI=1S/C27H33NO5/c1-27(2,3)28-24-19(13-10-14-33-26(29)18-11-8-7-9-12-18)15-20-16-21(30-4)17-22(31-5)23(20)25(24)32-6/h7-9,11-12,15-17,28H,10,13-14H2,1-6H3. The molecule has 0 aromatic heterocycles. The van der Waals surface area contributed by atoms with Gasteiger partial charge in [-0.1, -0.05) is 18.2 Å². The molecule has 0 bridgehead atoms. The third kappa shape index (κ3) is 5.89. The highest BCUT2D eigenvalue weighted by molar-refractivity contribution is 6.00. The molecule has 3 rings (SSSR count). The summed E-state index contributed by atoms with van der Waals surface area (Å²) in [7, 11) is 4.94. The Balaban J connectivity index is 1.93. The van der Waals surface area contributed by atoms with Crippen LogP contribution in [0.15, 0.2) is 48.5 Å². The van der Waals surface area contributed by atoms with E-state index >= 15 is 0 Å². The molecule has 0 saturated carbocycles. The third-order valence-electron chi connectivity index (χ3n) is 5.20. The van der Waals surface area contributed by atoms with Gasteiger partial charge in [0.1, 0.15) is 11.5 Å². The van der Waals surface area contributed by atoms with Gasteiger partial charge in [-0.05, 0) is 68.8 Å². The number of hydrogen-bond donors (Lipinski definition) is 1. The Morgan fingerprint density at radius 2 is 1.67 bits per heavy atom. The number of anilines is 1. The molecule has 0 amide bonds. The number of hydrogen-bond acceptors (Lipinski definition) is 6. The number of fused-ring (bicyclic) bond motifs is 1. The molecule has 3 aromatic rings. The molecule has 0 unspecified atom stereocenters. The van der Waals surface area contributed by atoms with Crippen LogP contribution < -0.4 is 19.5 Å². The fourth-order valence-electron chi connectivity index (χ4n) is 3.78. The molecule has 0 heterocycles. The average Bonchev–Trinajstić information content (AvgIpc) is 2.80. The lowest BCUT2D eigenvalue weighted by Crippen LogP contribution is -2.27. The van der Waals surface area contributed by atoms with Crippen LogP contribution in [0.2, 0.25) is 0 Å². The predicted molar refractivity (Wildman–Crippen MR) is 132 cm³/mol. The summed E-state index contributed by atoms with van der Waals surface area (Å²) >= 11 is 0. The minimum absolute atomic E-state index is 0.185. The lowest BCUT2D eigenvalue weighted by Gasteiger charge is -2.27. The van der Waals surface area contributed by atoms with E-state index < -0.39 is 0 Å². The largest absolute Gasteiger partial charge is 0.497 e. The van der Waals surface area contributed by atoms with Crippen LogP contribution >= 0.6 is 0 Å². The molecule has 3 aromatic carbocycles. The molecule has 0 aliphatic heterocycles. The second-order valence-corrected chi connectivity index (χ2v) is 8.85. The topological polar surface area (TPSA) is 66.0 Å². The second-order valence-electron chi connectivity index (χ2n) is 8.85. The van der Waals surface area contributed by atoms with Crippen molar-refractivity contribution >= 4 is 22.4 Å². The van der Waals surface area contributed by atoms with E-state index in [0.717, 1.165) is 27.8 Å². The van der Waals surface area contributed by atoms with Crippen molar-refractivity contribution in [3.05, 3.63) is 59.7 Å². The first-order valence-electron chi connectivity index (χ1n) is 11.0. The highest BCUT2D eigenvalue weighted by Crippen LogP contribution is 2.45. The zero-order chi connectivity index (χ0) is 24.0. The zero-order valence-corrected chi connectivity index (χ0v) is 20.3. The van der Waals surface area contributed by atoms with E-state index in [9.17, 15) is 4.79 Å². The fourth-order valence-corrected chi connectivity index (χ4v) is 3.78.